The van der Waals surface area contributed by atoms with Crippen molar-refractivity contribution in [3.8, 4) is 5.75 Å². The molecule has 0 fully saturated rings. The van der Waals surface area contributed by atoms with Gasteiger partial charge < -0.3 is 10.3 Å². The summed E-state index contributed by atoms with van der Waals surface area (Å²) in [6.07, 6.45) is 0. The second-order valence-corrected chi connectivity index (χ2v) is 1.59. The quantitative estimate of drug-likeness (QED) is 0.766. The van der Waals surface area contributed by atoms with Crippen LogP contribution in [0.2, 0.25) is 0 Å². The van der Waals surface area contributed by atoms with E-state index in [2.05, 4.69) is 5.48 Å². The van der Waals surface area contributed by atoms with Crippen LogP contribution < -0.4 is 4.84 Å². The molecule has 54 valence electrons. The van der Waals surface area contributed by atoms with E-state index in [4.69, 9.17) is 4.84 Å². The van der Waals surface area contributed by atoms with Gasteiger partial charge in [-0.1, -0.05) is 18.2 Å². The van der Waals surface area contributed by atoms with Crippen LogP contribution in [0.3, 0.4) is 0 Å². The maximum absolute atomic E-state index is 4.83. The zero-order chi connectivity index (χ0) is 6.53. The molecule has 0 aromatic heterocycles. The predicted octanol–water partition coefficient (Wildman–Crippen LogP) is 1.98. The molecule has 0 N–H and O–H groups in total. The maximum Gasteiger partial charge on any atom is 0.101 e. The molecule has 0 aliphatic rings. The summed E-state index contributed by atoms with van der Waals surface area (Å²) in [6, 6.07) is 9.45. The number of rotatable bonds is 2. The Morgan fingerprint density at radius 1 is 1.20 bits per heavy atom. The standard InChI is InChI=1S/C7H8NO.W/c1-8-9-7-5-3-2-4-6-7;/h2-6H,1H3;/q-1;. The number of benzene rings is 1. The fraction of sp³-hybridized carbons (Fsp3) is 0.143. The zero-order valence-electron chi connectivity index (χ0n) is 5.65. The van der Waals surface area contributed by atoms with E-state index in [1.54, 1.807) is 7.05 Å². The number of hydrogen-bond acceptors (Lipinski definition) is 1. The van der Waals surface area contributed by atoms with Gasteiger partial charge in [0.05, 0.1) is 0 Å². The minimum Gasteiger partial charge on any atom is -0.587 e. The summed E-state index contributed by atoms with van der Waals surface area (Å²) in [6.45, 7) is 0. The van der Waals surface area contributed by atoms with Gasteiger partial charge in [-0.15, -0.1) is 7.05 Å². The van der Waals surface area contributed by atoms with Crippen LogP contribution in [0.15, 0.2) is 30.3 Å². The summed E-state index contributed by atoms with van der Waals surface area (Å²) in [4.78, 5) is 4.83. The third-order valence-corrected chi connectivity index (χ3v) is 0.940. The van der Waals surface area contributed by atoms with E-state index in [-0.39, 0.29) is 21.1 Å². The Bertz CT molecular complexity index is 167. The van der Waals surface area contributed by atoms with Crippen LogP contribution in [0.4, 0.5) is 0 Å². The Labute approximate surface area is 74.8 Å². The molecule has 0 aliphatic heterocycles. The number of hydroxylamine groups is 1. The molecule has 3 heteroatoms. The summed E-state index contributed by atoms with van der Waals surface area (Å²) in [5.74, 6) is 0.778. The Hall–Kier alpha value is -0.332. The van der Waals surface area contributed by atoms with Crippen molar-refractivity contribution in [3.63, 3.8) is 0 Å². The van der Waals surface area contributed by atoms with Crippen molar-refractivity contribution in [2.24, 2.45) is 0 Å². The van der Waals surface area contributed by atoms with Crippen molar-refractivity contribution >= 4 is 0 Å². The van der Waals surface area contributed by atoms with Gasteiger partial charge in [-0.3, -0.25) is 0 Å². The van der Waals surface area contributed by atoms with Gasteiger partial charge >= 0.3 is 0 Å². The van der Waals surface area contributed by atoms with E-state index in [1.807, 2.05) is 30.3 Å². The molecule has 0 saturated heterocycles. The molecular formula is C7H8NOW-. The Balaban J connectivity index is 0.000000810. The molecule has 2 nitrogen and oxygen atoms in total. The topological polar surface area (TPSA) is 23.3 Å². The van der Waals surface area contributed by atoms with Gasteiger partial charge in [-0.2, -0.15) is 0 Å². The van der Waals surface area contributed by atoms with Gasteiger partial charge in [0.25, 0.3) is 0 Å². The van der Waals surface area contributed by atoms with E-state index >= 15 is 0 Å². The summed E-state index contributed by atoms with van der Waals surface area (Å²) in [5.41, 5.74) is 3.51. The third-order valence-electron chi connectivity index (χ3n) is 0.940. The van der Waals surface area contributed by atoms with Crippen LogP contribution in [0.25, 0.3) is 5.48 Å². The van der Waals surface area contributed by atoms with Gasteiger partial charge in [0.1, 0.15) is 5.75 Å². The molecule has 1 rings (SSSR count). The zero-order valence-corrected chi connectivity index (χ0v) is 8.58. The van der Waals surface area contributed by atoms with Crippen LogP contribution in [-0.2, 0) is 21.1 Å². The second-order valence-electron chi connectivity index (χ2n) is 1.59. The molecule has 0 heterocycles. The van der Waals surface area contributed by atoms with Crippen molar-refractivity contribution in [2.45, 2.75) is 0 Å². The van der Waals surface area contributed by atoms with Gasteiger partial charge in [0.2, 0.25) is 0 Å². The largest absolute Gasteiger partial charge is 0.587 e. The summed E-state index contributed by atoms with van der Waals surface area (Å²) >= 11 is 0. The van der Waals surface area contributed by atoms with E-state index in [0.29, 0.717) is 0 Å². The molecule has 0 radical (unpaired) electrons. The van der Waals surface area contributed by atoms with Crippen molar-refractivity contribution in [2.75, 3.05) is 7.05 Å². The molecular weight excluding hydrogens is 298 g/mol. The average molecular weight is 306 g/mol. The first kappa shape index (κ1) is 9.67. The van der Waals surface area contributed by atoms with E-state index in [9.17, 15) is 0 Å². The minimum atomic E-state index is 0. The predicted molar refractivity (Wildman–Crippen MR) is 36.4 cm³/mol. The fourth-order valence-corrected chi connectivity index (χ4v) is 0.587. The second kappa shape index (κ2) is 5.45. The summed E-state index contributed by atoms with van der Waals surface area (Å²) in [7, 11) is 1.60. The number of para-hydroxylation sites is 1. The molecule has 0 unspecified atom stereocenters. The fourth-order valence-electron chi connectivity index (χ4n) is 0.587. The van der Waals surface area contributed by atoms with Crippen molar-refractivity contribution in [3.05, 3.63) is 35.8 Å². The number of nitrogens with zero attached hydrogens (tertiary/aromatic N) is 1. The van der Waals surface area contributed by atoms with Crippen LogP contribution >= 0.6 is 0 Å². The van der Waals surface area contributed by atoms with Crippen LogP contribution in [0.1, 0.15) is 0 Å². The first-order valence-electron chi connectivity index (χ1n) is 2.74. The first-order valence-corrected chi connectivity index (χ1v) is 2.74. The molecule has 0 bridgehead atoms. The molecule has 0 aliphatic carbocycles. The number of hydrogen-bond donors (Lipinski definition) is 0. The minimum absolute atomic E-state index is 0. The molecule has 10 heavy (non-hydrogen) atoms. The van der Waals surface area contributed by atoms with E-state index in [0.717, 1.165) is 5.75 Å². The van der Waals surface area contributed by atoms with Crippen molar-refractivity contribution in [1.29, 1.82) is 0 Å². The molecule has 1 aromatic rings. The molecule has 1 aromatic carbocycles. The summed E-state index contributed by atoms with van der Waals surface area (Å²) < 4.78 is 0. The smallest absolute Gasteiger partial charge is 0.101 e. The van der Waals surface area contributed by atoms with Crippen LogP contribution in [0.5, 0.6) is 5.75 Å². The van der Waals surface area contributed by atoms with Gasteiger partial charge in [-0.05, 0) is 12.1 Å². The Morgan fingerprint density at radius 2 is 1.80 bits per heavy atom. The van der Waals surface area contributed by atoms with Crippen molar-refractivity contribution < 1.29 is 25.9 Å². The monoisotopic (exact) mass is 306 g/mol. The maximum atomic E-state index is 4.83. The van der Waals surface area contributed by atoms with E-state index < -0.39 is 0 Å². The Kier molecular flexibility index (Phi) is 5.27. The first-order chi connectivity index (χ1) is 4.43. The van der Waals surface area contributed by atoms with E-state index in [1.165, 1.54) is 0 Å². The SMILES string of the molecule is C[N-]Oc1ccccc1.[W]. The molecule has 0 saturated carbocycles. The van der Waals surface area contributed by atoms with Gasteiger partial charge in [0.15, 0.2) is 0 Å². The Morgan fingerprint density at radius 3 is 2.30 bits per heavy atom. The third kappa shape index (κ3) is 3.00. The summed E-state index contributed by atoms with van der Waals surface area (Å²) in [5, 5.41) is 0. The molecule has 0 atom stereocenters. The van der Waals surface area contributed by atoms with Gasteiger partial charge in [0, 0.05) is 21.1 Å². The van der Waals surface area contributed by atoms with Crippen LogP contribution in [0, 0.1) is 0 Å². The normalized spacial score (nSPS) is 8.10. The van der Waals surface area contributed by atoms with Gasteiger partial charge in [-0.25, -0.2) is 0 Å². The molecule has 0 amide bonds. The average Bonchev–Trinajstić information content (AvgIpc) is 1.91. The van der Waals surface area contributed by atoms with Crippen molar-refractivity contribution in [1.82, 2.24) is 0 Å². The van der Waals surface area contributed by atoms with Crippen LogP contribution in [-0.4, -0.2) is 7.05 Å². The molecule has 0 spiro atoms.